The molecule has 0 bridgehead atoms. The van der Waals surface area contributed by atoms with E-state index in [0.29, 0.717) is 26.0 Å². The van der Waals surface area contributed by atoms with Gasteiger partial charge in [-0.25, -0.2) is 13.2 Å². The van der Waals surface area contributed by atoms with Crippen molar-refractivity contribution in [2.45, 2.75) is 56.0 Å². The molecule has 0 aliphatic carbocycles. The molecule has 0 saturated carbocycles. The van der Waals surface area contributed by atoms with E-state index < -0.39 is 21.8 Å². The van der Waals surface area contributed by atoms with Gasteiger partial charge in [0.2, 0.25) is 10.0 Å². The maximum absolute atomic E-state index is 13.3. The molecule has 0 radical (unpaired) electrons. The van der Waals surface area contributed by atoms with Crippen molar-refractivity contribution < 1.29 is 22.7 Å². The molecular weight excluding hydrogens is 416 g/mol. The van der Waals surface area contributed by atoms with Crippen molar-refractivity contribution in [2.75, 3.05) is 13.2 Å². The Balaban J connectivity index is 1.50. The predicted octanol–water partition coefficient (Wildman–Crippen LogP) is 3.61. The molecule has 2 atom stereocenters. The van der Waals surface area contributed by atoms with Gasteiger partial charge in [-0.05, 0) is 31.5 Å². The van der Waals surface area contributed by atoms with Crippen LogP contribution in [0.25, 0.3) is 0 Å². The van der Waals surface area contributed by atoms with Crippen LogP contribution in [0.3, 0.4) is 0 Å². The molecule has 2 heterocycles. The van der Waals surface area contributed by atoms with Gasteiger partial charge in [0.15, 0.2) is 0 Å². The summed E-state index contributed by atoms with van der Waals surface area (Å²) in [4.78, 5) is 14.8. The number of amides is 1. The van der Waals surface area contributed by atoms with E-state index in [-0.39, 0.29) is 23.6 Å². The Morgan fingerprint density at radius 3 is 2.23 bits per heavy atom. The van der Waals surface area contributed by atoms with Crippen LogP contribution in [0.1, 0.15) is 32.3 Å². The highest BCUT2D eigenvalue weighted by molar-refractivity contribution is 7.89. The number of rotatable bonds is 4. The van der Waals surface area contributed by atoms with Crippen LogP contribution in [0.4, 0.5) is 4.79 Å². The van der Waals surface area contributed by atoms with Crippen molar-refractivity contribution in [3.63, 3.8) is 0 Å². The molecule has 1 spiro atoms. The number of ether oxygens (including phenoxy) is 2. The Bertz CT molecular complexity index is 1000. The zero-order valence-electron chi connectivity index (χ0n) is 17.8. The summed E-state index contributed by atoms with van der Waals surface area (Å²) in [6.45, 7) is 4.66. The minimum atomic E-state index is -3.70. The summed E-state index contributed by atoms with van der Waals surface area (Å²) < 4.78 is 39.8. The van der Waals surface area contributed by atoms with Crippen LogP contribution in [-0.4, -0.2) is 54.7 Å². The molecule has 2 unspecified atom stereocenters. The molecule has 0 aromatic heterocycles. The van der Waals surface area contributed by atoms with Crippen molar-refractivity contribution in [3.05, 3.63) is 66.2 Å². The molecule has 2 saturated heterocycles. The van der Waals surface area contributed by atoms with Crippen molar-refractivity contribution >= 4 is 16.1 Å². The molecule has 166 valence electrons. The Morgan fingerprint density at radius 2 is 1.61 bits per heavy atom. The number of hydrogen-bond donors (Lipinski definition) is 0. The van der Waals surface area contributed by atoms with Crippen LogP contribution in [0.2, 0.25) is 0 Å². The number of piperidine rings is 1. The lowest BCUT2D eigenvalue weighted by atomic mass is 9.90. The summed E-state index contributed by atoms with van der Waals surface area (Å²) in [7, 11) is -3.70. The van der Waals surface area contributed by atoms with Crippen LogP contribution in [0.5, 0.6) is 0 Å². The van der Waals surface area contributed by atoms with Gasteiger partial charge in [0.05, 0.1) is 11.5 Å². The number of benzene rings is 2. The normalized spacial score (nSPS) is 26.8. The van der Waals surface area contributed by atoms with Crippen molar-refractivity contribution in [1.29, 1.82) is 0 Å². The molecule has 2 aliphatic rings. The zero-order valence-corrected chi connectivity index (χ0v) is 18.6. The van der Waals surface area contributed by atoms with Gasteiger partial charge < -0.3 is 14.4 Å². The third-order valence-electron chi connectivity index (χ3n) is 6.05. The van der Waals surface area contributed by atoms with Crippen LogP contribution < -0.4 is 0 Å². The Kier molecular flexibility index (Phi) is 6.05. The zero-order chi connectivity index (χ0) is 22.1. The molecule has 0 N–H and O–H groups in total. The van der Waals surface area contributed by atoms with Gasteiger partial charge >= 0.3 is 6.09 Å². The van der Waals surface area contributed by atoms with Crippen molar-refractivity contribution in [3.8, 4) is 0 Å². The van der Waals surface area contributed by atoms with Crippen LogP contribution >= 0.6 is 0 Å². The second-order valence-corrected chi connectivity index (χ2v) is 10.1. The largest absolute Gasteiger partial charge is 0.445 e. The Hall–Kier alpha value is -2.42. The first-order valence-corrected chi connectivity index (χ1v) is 12.0. The number of likely N-dealkylation sites (tertiary alicyclic amines) is 1. The van der Waals surface area contributed by atoms with Crippen molar-refractivity contribution in [2.24, 2.45) is 0 Å². The number of nitrogens with zero attached hydrogens (tertiary/aromatic N) is 2. The second-order valence-electron chi connectivity index (χ2n) is 8.24. The lowest BCUT2D eigenvalue weighted by Gasteiger charge is -2.49. The van der Waals surface area contributed by atoms with E-state index in [1.807, 2.05) is 44.2 Å². The van der Waals surface area contributed by atoms with E-state index in [1.54, 1.807) is 35.2 Å². The highest BCUT2D eigenvalue weighted by Crippen LogP contribution is 2.42. The van der Waals surface area contributed by atoms with E-state index in [2.05, 4.69) is 0 Å². The average molecular weight is 445 g/mol. The van der Waals surface area contributed by atoms with Gasteiger partial charge in [0, 0.05) is 31.5 Å². The van der Waals surface area contributed by atoms with Crippen LogP contribution in [0, 0.1) is 0 Å². The lowest BCUT2D eigenvalue weighted by molar-refractivity contribution is -0.117. The SMILES string of the molecule is CC1CC2(CC(C)N1C(=O)OCc1ccccc1)OCCN2S(=O)(=O)c1ccccc1. The summed E-state index contributed by atoms with van der Waals surface area (Å²) in [5, 5.41) is 0. The monoisotopic (exact) mass is 444 g/mol. The fraction of sp³-hybridized carbons (Fsp3) is 0.435. The number of carbonyl (C=O) groups excluding carboxylic acids is 1. The maximum atomic E-state index is 13.3. The molecule has 8 heteroatoms. The summed E-state index contributed by atoms with van der Waals surface area (Å²) in [6.07, 6.45) is 0.391. The Morgan fingerprint density at radius 1 is 1.03 bits per heavy atom. The van der Waals surface area contributed by atoms with Gasteiger partial charge in [-0.2, -0.15) is 4.31 Å². The first-order chi connectivity index (χ1) is 14.8. The van der Waals surface area contributed by atoms with Gasteiger partial charge in [-0.3, -0.25) is 0 Å². The minimum absolute atomic E-state index is 0.200. The van der Waals surface area contributed by atoms with Crippen LogP contribution in [-0.2, 0) is 26.1 Å². The van der Waals surface area contributed by atoms with E-state index >= 15 is 0 Å². The number of hydrogen-bond acceptors (Lipinski definition) is 5. The van der Waals surface area contributed by atoms with Gasteiger partial charge in [-0.1, -0.05) is 48.5 Å². The van der Waals surface area contributed by atoms with Gasteiger partial charge in [-0.15, -0.1) is 0 Å². The number of sulfonamides is 1. The van der Waals surface area contributed by atoms with Crippen LogP contribution in [0.15, 0.2) is 65.6 Å². The summed E-state index contributed by atoms with van der Waals surface area (Å²) in [6, 6.07) is 17.5. The van der Waals surface area contributed by atoms with E-state index in [4.69, 9.17) is 9.47 Å². The molecule has 2 aromatic rings. The quantitative estimate of drug-likeness (QED) is 0.720. The molecule has 2 aromatic carbocycles. The first kappa shape index (κ1) is 21.8. The highest BCUT2D eigenvalue weighted by atomic mass is 32.2. The van der Waals surface area contributed by atoms with E-state index in [1.165, 1.54) is 4.31 Å². The van der Waals surface area contributed by atoms with Gasteiger partial charge in [0.1, 0.15) is 12.3 Å². The summed E-state index contributed by atoms with van der Waals surface area (Å²) >= 11 is 0. The molecule has 2 aliphatic heterocycles. The second kappa shape index (κ2) is 8.61. The first-order valence-electron chi connectivity index (χ1n) is 10.5. The predicted molar refractivity (Wildman–Crippen MR) is 116 cm³/mol. The molecule has 4 rings (SSSR count). The highest BCUT2D eigenvalue weighted by Gasteiger charge is 2.54. The number of carbonyl (C=O) groups is 1. The molecule has 2 fully saturated rings. The maximum Gasteiger partial charge on any atom is 0.410 e. The topological polar surface area (TPSA) is 76.2 Å². The third kappa shape index (κ3) is 4.20. The molecular formula is C23H28N2O5S. The smallest absolute Gasteiger partial charge is 0.410 e. The minimum Gasteiger partial charge on any atom is -0.445 e. The summed E-state index contributed by atoms with van der Waals surface area (Å²) in [5.74, 6) is 0. The lowest BCUT2D eigenvalue weighted by Crippen LogP contribution is -2.61. The standard InChI is InChI=1S/C23H28N2O5S/c1-18-15-23(24(13-14-30-23)31(27,28)21-11-7-4-8-12-21)16-19(2)25(18)22(26)29-17-20-9-5-3-6-10-20/h3-12,18-19H,13-17H2,1-2H3. The van der Waals surface area contributed by atoms with E-state index in [9.17, 15) is 13.2 Å². The Labute approximate surface area is 183 Å². The fourth-order valence-corrected chi connectivity index (χ4v) is 6.48. The molecule has 1 amide bonds. The molecule has 7 nitrogen and oxygen atoms in total. The molecule has 31 heavy (non-hydrogen) atoms. The van der Waals surface area contributed by atoms with Crippen molar-refractivity contribution in [1.82, 2.24) is 9.21 Å². The average Bonchev–Trinajstić information content (AvgIpc) is 3.16. The summed E-state index contributed by atoms with van der Waals surface area (Å²) in [5.41, 5.74) is -0.0344. The van der Waals surface area contributed by atoms with E-state index in [0.717, 1.165) is 5.56 Å². The third-order valence-corrected chi connectivity index (χ3v) is 8.01. The van der Waals surface area contributed by atoms with Gasteiger partial charge in [0.25, 0.3) is 0 Å². The fourth-order valence-electron chi connectivity index (χ4n) is 4.77.